The molecule has 0 aliphatic heterocycles. The molecule has 0 bridgehead atoms. The van der Waals surface area contributed by atoms with Gasteiger partial charge in [-0.15, -0.1) is 0 Å². The maximum atomic E-state index is 13.1. The zero-order valence-electron chi connectivity index (χ0n) is 13.8. The molecule has 0 saturated carbocycles. The first-order chi connectivity index (χ1) is 10.0. The van der Waals surface area contributed by atoms with Gasteiger partial charge in [-0.1, -0.05) is 64.2 Å². The lowest BCUT2D eigenvalue weighted by Crippen LogP contribution is -2.54. The van der Waals surface area contributed by atoms with Gasteiger partial charge in [0.05, 0.1) is 4.90 Å². The van der Waals surface area contributed by atoms with Crippen molar-refractivity contribution in [1.29, 1.82) is 4.78 Å². The monoisotopic (exact) mass is 352 g/mol. The number of thiophene rings is 1. The average molecular weight is 353 g/mol. The first-order valence-electron chi connectivity index (χ1n) is 7.24. The first kappa shape index (κ1) is 17.4. The summed E-state index contributed by atoms with van der Waals surface area (Å²) in [7, 11) is -5.04. The summed E-state index contributed by atoms with van der Waals surface area (Å²) in [6.45, 7) is 10.7. The van der Waals surface area contributed by atoms with Crippen molar-refractivity contribution in [3.05, 3.63) is 41.1 Å². The number of hydrogen-bond donors (Lipinski definition) is 2. The summed E-state index contributed by atoms with van der Waals surface area (Å²) in [4.78, 5) is 0.605. The standard InChI is InChI=1S/C16H24N2OS2Si/c1-16(2,3)22(4,5)18-21(17,19)15-12-20-11-14(15)13-9-7-6-8-10-13/h6-12H,1-5H3,(H2,17,18,19). The summed E-state index contributed by atoms with van der Waals surface area (Å²) in [5.41, 5.74) is 1.91. The Labute approximate surface area is 139 Å². The number of rotatable bonds is 4. The largest absolute Gasteiger partial charge is 0.249 e. The van der Waals surface area contributed by atoms with E-state index in [2.05, 4.69) is 38.3 Å². The van der Waals surface area contributed by atoms with Gasteiger partial charge in [0, 0.05) is 10.9 Å². The Kier molecular flexibility index (Phi) is 4.68. The van der Waals surface area contributed by atoms with E-state index in [1.54, 1.807) is 0 Å². The van der Waals surface area contributed by atoms with E-state index in [4.69, 9.17) is 4.78 Å². The van der Waals surface area contributed by atoms with Crippen LogP contribution in [0.4, 0.5) is 0 Å². The van der Waals surface area contributed by atoms with Crippen LogP contribution >= 0.6 is 11.3 Å². The summed E-state index contributed by atoms with van der Waals surface area (Å²) < 4.78 is 24.8. The van der Waals surface area contributed by atoms with E-state index in [0.717, 1.165) is 11.1 Å². The topological polar surface area (TPSA) is 53.0 Å². The molecule has 2 aromatic rings. The van der Waals surface area contributed by atoms with Crippen LogP contribution < -0.4 is 4.39 Å². The molecule has 0 radical (unpaired) electrons. The molecule has 22 heavy (non-hydrogen) atoms. The minimum absolute atomic E-state index is 0.0274. The molecular formula is C16H24N2OS2Si. The second-order valence-electron chi connectivity index (χ2n) is 7.05. The second-order valence-corrected chi connectivity index (χ2v) is 14.9. The smallest absolute Gasteiger partial charge is 0.140 e. The third-order valence-electron chi connectivity index (χ3n) is 4.29. The van der Waals surface area contributed by atoms with Gasteiger partial charge in [0.15, 0.2) is 0 Å². The van der Waals surface area contributed by atoms with Gasteiger partial charge in [-0.2, -0.15) is 11.3 Å². The van der Waals surface area contributed by atoms with Gasteiger partial charge < -0.3 is 0 Å². The molecule has 0 fully saturated rings. The molecule has 6 heteroatoms. The molecule has 3 nitrogen and oxygen atoms in total. The molecule has 0 amide bonds. The van der Waals surface area contributed by atoms with Gasteiger partial charge in [-0.25, -0.2) is 13.4 Å². The highest BCUT2D eigenvalue weighted by atomic mass is 32.2. The van der Waals surface area contributed by atoms with Crippen molar-refractivity contribution in [2.24, 2.45) is 0 Å². The van der Waals surface area contributed by atoms with E-state index in [9.17, 15) is 4.21 Å². The van der Waals surface area contributed by atoms with Crippen LogP contribution in [0.1, 0.15) is 20.8 Å². The van der Waals surface area contributed by atoms with Crippen molar-refractivity contribution in [2.45, 2.75) is 43.8 Å². The highest BCUT2D eigenvalue weighted by molar-refractivity contribution is 7.92. The average Bonchev–Trinajstić information content (AvgIpc) is 2.87. The van der Waals surface area contributed by atoms with Gasteiger partial charge in [0.2, 0.25) is 0 Å². The van der Waals surface area contributed by atoms with Crippen LogP contribution in [-0.2, 0) is 9.92 Å². The predicted octanol–water partition coefficient (Wildman–Crippen LogP) is 5.33. The van der Waals surface area contributed by atoms with E-state index in [1.807, 2.05) is 41.1 Å². The molecule has 1 aromatic heterocycles. The van der Waals surface area contributed by atoms with Crippen LogP contribution in [0.3, 0.4) is 0 Å². The van der Waals surface area contributed by atoms with Crippen molar-refractivity contribution >= 4 is 29.5 Å². The van der Waals surface area contributed by atoms with Crippen LogP contribution in [0.2, 0.25) is 18.1 Å². The van der Waals surface area contributed by atoms with Crippen LogP contribution in [-0.4, -0.2) is 12.4 Å². The SMILES string of the molecule is CC(C)(C)[Si](C)(C)NS(=N)(=O)c1cscc1-c1ccccc1. The van der Waals surface area contributed by atoms with E-state index >= 15 is 0 Å². The van der Waals surface area contributed by atoms with Gasteiger partial charge in [-0.05, 0) is 16.0 Å². The third-order valence-corrected chi connectivity index (χ3v) is 13.1. The van der Waals surface area contributed by atoms with Crippen molar-refractivity contribution in [3.8, 4) is 11.1 Å². The van der Waals surface area contributed by atoms with Gasteiger partial charge in [-0.3, -0.25) is 0 Å². The molecular weight excluding hydrogens is 328 g/mol. The fourth-order valence-electron chi connectivity index (χ4n) is 1.90. The summed E-state index contributed by atoms with van der Waals surface area (Å²) in [6, 6.07) is 9.87. The molecule has 0 aliphatic carbocycles. The molecule has 1 heterocycles. The Morgan fingerprint density at radius 3 is 2.27 bits per heavy atom. The van der Waals surface area contributed by atoms with Crippen LogP contribution in [0.15, 0.2) is 46.0 Å². The number of hydrogen-bond acceptors (Lipinski definition) is 3. The van der Waals surface area contributed by atoms with Crippen molar-refractivity contribution in [2.75, 3.05) is 0 Å². The number of nitrogens with one attached hydrogen (secondary N) is 2. The maximum absolute atomic E-state index is 13.1. The normalized spacial score (nSPS) is 15.5. The van der Waals surface area contributed by atoms with E-state index in [1.165, 1.54) is 11.3 Å². The Bertz CT molecular complexity index is 744. The van der Waals surface area contributed by atoms with Gasteiger partial charge >= 0.3 is 0 Å². The summed E-state index contributed by atoms with van der Waals surface area (Å²) in [5, 5.41) is 3.85. The maximum Gasteiger partial charge on any atom is 0.140 e. The van der Waals surface area contributed by atoms with Crippen molar-refractivity contribution < 1.29 is 4.21 Å². The summed E-state index contributed by atoms with van der Waals surface area (Å²) in [5.74, 6) is 0. The predicted molar refractivity (Wildman–Crippen MR) is 99.2 cm³/mol. The highest BCUT2D eigenvalue weighted by Gasteiger charge is 2.38. The fourth-order valence-corrected chi connectivity index (χ4v) is 8.43. The molecule has 0 saturated heterocycles. The zero-order valence-corrected chi connectivity index (χ0v) is 16.4. The quantitative estimate of drug-likeness (QED) is 0.718. The third kappa shape index (κ3) is 3.51. The van der Waals surface area contributed by atoms with Crippen LogP contribution in [0, 0.1) is 4.78 Å². The fraction of sp³-hybridized carbons (Fsp3) is 0.375. The molecule has 0 spiro atoms. The number of benzene rings is 1. The summed E-state index contributed by atoms with van der Waals surface area (Å²) in [6.07, 6.45) is 0. The lowest BCUT2D eigenvalue weighted by atomic mass is 10.1. The molecule has 1 aromatic carbocycles. The van der Waals surface area contributed by atoms with Crippen molar-refractivity contribution in [1.82, 2.24) is 4.39 Å². The summed E-state index contributed by atoms with van der Waals surface area (Å²) >= 11 is 1.50. The van der Waals surface area contributed by atoms with Crippen LogP contribution in [0.5, 0.6) is 0 Å². The van der Waals surface area contributed by atoms with Crippen LogP contribution in [0.25, 0.3) is 11.1 Å². The first-order valence-corrected chi connectivity index (χ1v) is 12.7. The molecule has 1 unspecified atom stereocenters. The van der Waals surface area contributed by atoms with E-state index in [0.29, 0.717) is 4.90 Å². The Morgan fingerprint density at radius 2 is 1.73 bits per heavy atom. The van der Waals surface area contributed by atoms with E-state index in [-0.39, 0.29) is 5.04 Å². The van der Waals surface area contributed by atoms with Gasteiger partial charge in [0.25, 0.3) is 0 Å². The molecule has 120 valence electrons. The minimum Gasteiger partial charge on any atom is -0.249 e. The van der Waals surface area contributed by atoms with Gasteiger partial charge in [0.1, 0.15) is 18.2 Å². The zero-order chi connectivity index (χ0) is 16.6. The molecule has 1 atom stereocenters. The lowest BCUT2D eigenvalue weighted by molar-refractivity contribution is 0.665. The van der Waals surface area contributed by atoms with Crippen molar-refractivity contribution in [3.63, 3.8) is 0 Å². The molecule has 2 rings (SSSR count). The van der Waals surface area contributed by atoms with E-state index < -0.39 is 18.2 Å². The molecule has 0 aliphatic rings. The Morgan fingerprint density at radius 1 is 1.14 bits per heavy atom. The lowest BCUT2D eigenvalue weighted by Gasteiger charge is -2.37. The second kappa shape index (κ2) is 5.92. The highest BCUT2D eigenvalue weighted by Crippen LogP contribution is 2.37. The Hall–Kier alpha value is -0.953. The minimum atomic E-state index is -3.01. The Balaban J connectivity index is 2.43. The molecule has 2 N–H and O–H groups in total.